The average Bonchev–Trinajstić information content (AvgIpc) is 2.63. The van der Waals surface area contributed by atoms with Gasteiger partial charge < -0.3 is 0 Å². The van der Waals surface area contributed by atoms with Gasteiger partial charge in [-0.1, -0.05) is 0 Å². The number of hydrogen-bond acceptors (Lipinski definition) is 4. The van der Waals surface area contributed by atoms with E-state index >= 15 is 0 Å². The molecule has 0 bridgehead atoms. The van der Waals surface area contributed by atoms with Gasteiger partial charge >= 0.3 is 105 Å². The van der Waals surface area contributed by atoms with Gasteiger partial charge in [0.1, 0.15) is 0 Å². The van der Waals surface area contributed by atoms with Crippen molar-refractivity contribution in [1.29, 1.82) is 0 Å². The summed E-state index contributed by atoms with van der Waals surface area (Å²) in [5.74, 6) is 1.32. The van der Waals surface area contributed by atoms with Crippen molar-refractivity contribution < 1.29 is 9.52 Å². The van der Waals surface area contributed by atoms with E-state index < -0.39 is 6.10 Å². The summed E-state index contributed by atoms with van der Waals surface area (Å²) in [6.45, 7) is 10.2. The fraction of sp³-hybridized carbons (Fsp3) is 0.818. The molecule has 0 saturated carbocycles. The second-order valence-corrected chi connectivity index (χ2v) is 7.08. The third kappa shape index (κ3) is 3.08. The van der Waals surface area contributed by atoms with E-state index in [0.29, 0.717) is 17.7 Å². The maximum absolute atomic E-state index is 10.1. The molecular formula is C11H21AsN2O2. The number of aliphatic hydroxyl groups is 1. The molecule has 2 unspecified atom stereocenters. The van der Waals surface area contributed by atoms with Crippen molar-refractivity contribution in [2.45, 2.75) is 50.8 Å². The Bertz CT molecular complexity index is 344. The molecule has 1 aromatic rings. The molecule has 0 amide bonds. The van der Waals surface area contributed by atoms with Crippen LogP contribution in [0.25, 0.3) is 0 Å². The van der Waals surface area contributed by atoms with Gasteiger partial charge in [-0.05, 0) is 0 Å². The van der Waals surface area contributed by atoms with E-state index in [0.717, 1.165) is 0 Å². The fourth-order valence-electron chi connectivity index (χ4n) is 1.19. The molecule has 0 spiro atoms. The first-order chi connectivity index (χ1) is 7.23. The first-order valence-corrected chi connectivity index (χ1v) is 6.91. The van der Waals surface area contributed by atoms with Crippen LogP contribution in [-0.4, -0.2) is 32.2 Å². The quantitative estimate of drug-likeness (QED) is 0.856. The van der Waals surface area contributed by atoms with Crippen molar-refractivity contribution >= 4 is 16.9 Å². The van der Waals surface area contributed by atoms with Crippen LogP contribution in [0.4, 0.5) is 0 Å². The Morgan fingerprint density at radius 1 is 1.25 bits per heavy atom. The van der Waals surface area contributed by atoms with Gasteiger partial charge in [0, 0.05) is 0 Å². The Kier molecular flexibility index (Phi) is 4.19. The molecule has 1 N–H and O–H groups in total. The van der Waals surface area contributed by atoms with Crippen LogP contribution in [-0.2, 0) is 5.41 Å². The molecular weight excluding hydrogens is 267 g/mol. The molecule has 0 aliphatic carbocycles. The minimum atomic E-state index is -0.649. The zero-order valence-corrected chi connectivity index (χ0v) is 13.0. The van der Waals surface area contributed by atoms with Crippen LogP contribution >= 0.6 is 0 Å². The summed E-state index contributed by atoms with van der Waals surface area (Å²) in [4.78, 5) is 0. The molecule has 1 heterocycles. The first-order valence-electron chi connectivity index (χ1n) is 5.51. The zero-order chi connectivity index (χ0) is 12.5. The van der Waals surface area contributed by atoms with Crippen molar-refractivity contribution in [3.8, 4) is 0 Å². The molecule has 5 heteroatoms. The molecule has 0 aliphatic heterocycles. The van der Waals surface area contributed by atoms with Gasteiger partial charge in [-0.3, -0.25) is 0 Å². The third-order valence-corrected chi connectivity index (χ3v) is 4.85. The van der Waals surface area contributed by atoms with E-state index in [-0.39, 0.29) is 10.1 Å². The molecule has 0 aliphatic rings. The third-order valence-electron chi connectivity index (χ3n) is 2.47. The van der Waals surface area contributed by atoms with Crippen molar-refractivity contribution in [2.75, 3.05) is 0 Å². The van der Waals surface area contributed by atoms with Crippen LogP contribution < -0.4 is 0 Å². The molecule has 1 aromatic heterocycles. The summed E-state index contributed by atoms with van der Waals surface area (Å²) in [5, 5.41) is 18.0. The number of rotatable bonds is 3. The first kappa shape index (κ1) is 13.7. The monoisotopic (exact) mass is 288 g/mol. The summed E-state index contributed by atoms with van der Waals surface area (Å²) in [6.07, 6.45) is -0.649. The summed E-state index contributed by atoms with van der Waals surface area (Å²) in [5.41, 5.74) is -0.169. The Morgan fingerprint density at radius 2 is 1.81 bits per heavy atom. The Balaban J connectivity index is 2.86. The van der Waals surface area contributed by atoms with E-state index in [1.54, 1.807) is 0 Å². The maximum atomic E-state index is 10.1. The number of hydrogen-bond donors (Lipinski definition) is 1. The fourth-order valence-corrected chi connectivity index (χ4v) is 1.53. The van der Waals surface area contributed by atoms with Crippen LogP contribution in [0.5, 0.6) is 0 Å². The van der Waals surface area contributed by atoms with Crippen LogP contribution in [0, 0.1) is 5.92 Å². The van der Waals surface area contributed by atoms with Gasteiger partial charge in [0.2, 0.25) is 0 Å². The molecule has 16 heavy (non-hydrogen) atoms. The molecule has 0 saturated heterocycles. The zero-order valence-electron chi connectivity index (χ0n) is 10.6. The predicted octanol–water partition coefficient (Wildman–Crippen LogP) is 1.48. The van der Waals surface area contributed by atoms with Gasteiger partial charge in [-0.25, -0.2) is 0 Å². The van der Waals surface area contributed by atoms with Crippen molar-refractivity contribution in [2.24, 2.45) is 5.92 Å². The summed E-state index contributed by atoms with van der Waals surface area (Å²) in [6, 6.07) is 0. The molecule has 3 atom stereocenters. The van der Waals surface area contributed by atoms with Crippen molar-refractivity contribution in [3.05, 3.63) is 11.8 Å². The number of aliphatic hydroxyl groups excluding tert-OH is 1. The summed E-state index contributed by atoms with van der Waals surface area (Å²) in [7, 11) is 0. The molecule has 92 valence electrons. The van der Waals surface area contributed by atoms with Crippen LogP contribution in [0.15, 0.2) is 4.42 Å². The van der Waals surface area contributed by atoms with Crippen LogP contribution in [0.1, 0.15) is 52.5 Å². The van der Waals surface area contributed by atoms with Crippen molar-refractivity contribution in [3.63, 3.8) is 0 Å². The minimum absolute atomic E-state index is 0.167. The van der Waals surface area contributed by atoms with Gasteiger partial charge in [0.25, 0.3) is 0 Å². The van der Waals surface area contributed by atoms with Crippen LogP contribution in [0.2, 0.25) is 4.71 Å². The second kappa shape index (κ2) is 4.89. The van der Waals surface area contributed by atoms with E-state index in [1.807, 2.05) is 20.8 Å². The van der Waals surface area contributed by atoms with E-state index in [9.17, 15) is 5.11 Å². The van der Waals surface area contributed by atoms with Gasteiger partial charge in [0.15, 0.2) is 0 Å². The Labute approximate surface area is 105 Å². The topological polar surface area (TPSA) is 59.2 Å². The number of nitrogens with zero attached hydrogens (tertiary/aromatic N) is 2. The summed E-state index contributed by atoms with van der Waals surface area (Å²) >= 11 is 1.50. The van der Waals surface area contributed by atoms with Gasteiger partial charge in [-0.2, -0.15) is 0 Å². The Hall–Kier alpha value is -0.342. The van der Waals surface area contributed by atoms with E-state index in [2.05, 4.69) is 24.0 Å². The normalized spacial score (nSPS) is 16.5. The molecule has 4 nitrogen and oxygen atoms in total. The van der Waals surface area contributed by atoms with Crippen LogP contribution in [0.3, 0.4) is 0 Å². The second-order valence-electron chi connectivity index (χ2n) is 5.46. The summed E-state index contributed by atoms with van der Waals surface area (Å²) < 4.78 is 5.69. The Morgan fingerprint density at radius 3 is 2.19 bits per heavy atom. The van der Waals surface area contributed by atoms with Gasteiger partial charge in [-0.15, -0.1) is 0 Å². The average molecular weight is 288 g/mol. The standard InChI is InChI=1S/C11H21AsN2O2/c1-6(2)7(12)8(15)9-13-14-10(16-9)11(3,4)5/h6-8,15H,12H2,1-5H3/t7-,8?/m0/s1. The molecule has 0 fully saturated rings. The molecule has 0 radical (unpaired) electrons. The number of aromatic nitrogens is 2. The van der Waals surface area contributed by atoms with E-state index in [1.165, 1.54) is 16.9 Å². The van der Waals surface area contributed by atoms with Gasteiger partial charge in [0.05, 0.1) is 0 Å². The SMILES string of the molecule is CC(C)[C@H]([AsH2])C(O)c1nnc(C(C)(C)C)o1. The van der Waals surface area contributed by atoms with Crippen molar-refractivity contribution in [1.82, 2.24) is 10.2 Å². The van der Waals surface area contributed by atoms with E-state index in [4.69, 9.17) is 4.42 Å². The molecule has 1 rings (SSSR count). The molecule has 0 aromatic carbocycles. The predicted molar refractivity (Wildman–Crippen MR) is 65.1 cm³/mol.